The number of rotatable bonds is 42. The lowest BCUT2D eigenvalue weighted by molar-refractivity contribution is -0.138. The highest BCUT2D eigenvalue weighted by molar-refractivity contribution is 5.98. The summed E-state index contributed by atoms with van der Waals surface area (Å²) >= 11 is 0. The third-order valence-electron chi connectivity index (χ3n) is 12.7. The normalized spacial score (nSPS) is 14.5. The van der Waals surface area contributed by atoms with E-state index >= 15 is 0 Å². The molecule has 10 amide bonds. The van der Waals surface area contributed by atoms with E-state index in [-0.39, 0.29) is 113 Å². The van der Waals surface area contributed by atoms with Gasteiger partial charge in [-0.05, 0) is 113 Å². The highest BCUT2D eigenvalue weighted by Gasteiger charge is 2.36. The van der Waals surface area contributed by atoms with Gasteiger partial charge in [0, 0.05) is 26.4 Å². The summed E-state index contributed by atoms with van der Waals surface area (Å²) in [7, 11) is 0. The largest absolute Gasteiger partial charge is 0.481 e. The van der Waals surface area contributed by atoms with Gasteiger partial charge < -0.3 is 87.4 Å². The number of aliphatic imine (C=N–C) groups is 2. The van der Waals surface area contributed by atoms with E-state index in [1.54, 1.807) is 13.8 Å². The summed E-state index contributed by atoms with van der Waals surface area (Å²) in [6.07, 6.45) is 0.795. The molecule has 0 aliphatic heterocycles. The van der Waals surface area contributed by atoms with E-state index in [4.69, 9.17) is 34.4 Å². The molecule has 0 heterocycles. The zero-order valence-corrected chi connectivity index (χ0v) is 50.7. The summed E-state index contributed by atoms with van der Waals surface area (Å²) in [6, 6.07) is -11.2. The SMILES string of the molecule is CC(=O)N[C@@H](CC(C)C)C(=O)N[C@@H](CC(C)C)C(=O)N[C@@H](CC(C)C)C(=O)N[C@@H](CC(C)C)C(=O)N[C@@H](CCCN=C(N)N)C(=O)N[C@H](C(=O)N[C@@H](CCCCN)C(=O)N[C@@H](CCCN=C(N)N)C(=O)N[C@@H](CCC(=O)O)C(N)=O)C(C)C. The molecule has 474 valence electrons. The molecule has 9 atom stereocenters. The van der Waals surface area contributed by atoms with E-state index in [0.29, 0.717) is 19.3 Å². The van der Waals surface area contributed by atoms with Crippen LogP contribution in [-0.4, -0.2) is 156 Å². The predicted molar refractivity (Wildman–Crippen MR) is 314 cm³/mol. The molecule has 0 fully saturated rings. The van der Waals surface area contributed by atoms with Crippen molar-refractivity contribution in [3.05, 3.63) is 0 Å². The Labute approximate surface area is 488 Å². The number of aliphatic carboxylic acids is 1. The quantitative estimate of drug-likeness (QED) is 0.0175. The lowest BCUT2D eigenvalue weighted by atomic mass is 9.97. The molecule has 83 heavy (non-hydrogen) atoms. The van der Waals surface area contributed by atoms with Crippen LogP contribution in [0, 0.1) is 29.6 Å². The van der Waals surface area contributed by atoms with Crippen molar-refractivity contribution in [2.45, 2.75) is 214 Å². The van der Waals surface area contributed by atoms with Crippen LogP contribution in [0.1, 0.15) is 160 Å². The first-order valence-corrected chi connectivity index (χ1v) is 28.7. The van der Waals surface area contributed by atoms with Crippen LogP contribution in [0.2, 0.25) is 0 Å². The fourth-order valence-electron chi connectivity index (χ4n) is 8.60. The maximum atomic E-state index is 14.4. The lowest BCUT2D eigenvalue weighted by Gasteiger charge is -2.30. The number of hydrogen-bond donors (Lipinski definition) is 16. The van der Waals surface area contributed by atoms with Gasteiger partial charge in [0.2, 0.25) is 59.1 Å². The number of carbonyl (C=O) groups excluding carboxylic acids is 10. The summed E-state index contributed by atoms with van der Waals surface area (Å²) < 4.78 is 0. The van der Waals surface area contributed by atoms with Crippen LogP contribution in [0.15, 0.2) is 9.98 Å². The number of guanidine groups is 2. The zero-order valence-electron chi connectivity index (χ0n) is 50.7. The molecular weight excluding hydrogens is 1080 g/mol. The van der Waals surface area contributed by atoms with E-state index in [2.05, 4.69) is 57.8 Å². The van der Waals surface area contributed by atoms with Gasteiger partial charge in [-0.2, -0.15) is 0 Å². The van der Waals surface area contributed by atoms with Gasteiger partial charge in [-0.1, -0.05) is 69.2 Å². The molecule has 0 aromatic heterocycles. The number of carboxylic acid groups (broad SMARTS) is 1. The number of hydrogen-bond acceptors (Lipinski definition) is 14. The number of carboxylic acids is 1. The summed E-state index contributed by atoms with van der Waals surface area (Å²) in [4.78, 5) is 156. The lowest BCUT2D eigenvalue weighted by Crippen LogP contribution is -2.61. The van der Waals surface area contributed by atoms with Gasteiger partial charge in [-0.3, -0.25) is 62.7 Å². The Morgan fingerprint density at radius 3 is 0.988 bits per heavy atom. The smallest absolute Gasteiger partial charge is 0.303 e. The standard InChI is InChI=1S/C54H101N17O12/c1-28(2)24-38(63-33(11)72)48(79)68-40(26-30(5)6)50(81)70-41(27-31(7)8)51(82)69-39(25-29(3)4)49(80)66-37(18-15-23-62-54(59)60)47(78)71-43(32(9)10)52(83)67-35(16-12-13-21-55)46(77)65-36(17-14-22-61-53(57)58)45(76)64-34(44(56)75)19-20-42(73)74/h28-32,34-41,43H,12-27,55H2,1-11H3,(H2,56,75)(H,63,72)(H,64,76)(H,65,77)(H,66,80)(H,67,83)(H,68,79)(H,69,82)(H,70,81)(H,71,78)(H,73,74)(H4,57,58,61)(H4,59,60,62)/t34-,35-,36-,37-,38-,39-,40-,41-,43-/m0/s1. The van der Waals surface area contributed by atoms with Gasteiger partial charge in [-0.15, -0.1) is 0 Å². The monoisotopic (exact) mass is 1180 g/mol. The predicted octanol–water partition coefficient (Wildman–Crippen LogP) is -2.20. The minimum Gasteiger partial charge on any atom is -0.481 e. The first-order chi connectivity index (χ1) is 38.7. The average molecular weight is 1180 g/mol. The molecule has 29 nitrogen and oxygen atoms in total. The van der Waals surface area contributed by atoms with Gasteiger partial charge in [0.1, 0.15) is 54.4 Å². The number of unbranched alkanes of at least 4 members (excludes halogenated alkanes) is 1. The van der Waals surface area contributed by atoms with Crippen molar-refractivity contribution in [1.82, 2.24) is 47.9 Å². The third kappa shape index (κ3) is 33.4. The number of nitrogens with two attached hydrogens (primary N) is 6. The summed E-state index contributed by atoms with van der Waals surface area (Å²) in [5.41, 5.74) is 33.3. The Bertz CT molecular complexity index is 2180. The Hall–Kier alpha value is -7.33. The van der Waals surface area contributed by atoms with Crippen molar-refractivity contribution in [3.63, 3.8) is 0 Å². The van der Waals surface area contributed by atoms with Gasteiger partial charge in [0.05, 0.1) is 0 Å². The van der Waals surface area contributed by atoms with Gasteiger partial charge >= 0.3 is 5.97 Å². The van der Waals surface area contributed by atoms with Crippen molar-refractivity contribution in [2.24, 2.45) is 74.0 Å². The Morgan fingerprint density at radius 1 is 0.386 bits per heavy atom. The molecular formula is C54H101N17O12. The molecule has 0 spiro atoms. The molecule has 0 radical (unpaired) electrons. The topological polar surface area (TPSA) is 497 Å². The second-order valence-corrected chi connectivity index (χ2v) is 22.9. The van der Waals surface area contributed by atoms with Crippen molar-refractivity contribution in [1.29, 1.82) is 0 Å². The second-order valence-electron chi connectivity index (χ2n) is 22.9. The van der Waals surface area contributed by atoms with Crippen LogP contribution in [0.25, 0.3) is 0 Å². The Kier molecular flexibility index (Phi) is 36.5. The number of amides is 10. The maximum absolute atomic E-state index is 14.4. The summed E-state index contributed by atoms with van der Waals surface area (Å²) in [5, 5.41) is 33.3. The minimum absolute atomic E-state index is 0.0143. The molecule has 0 aromatic carbocycles. The van der Waals surface area contributed by atoms with Crippen LogP contribution in [0.5, 0.6) is 0 Å². The highest BCUT2D eigenvalue weighted by atomic mass is 16.4. The Balaban J connectivity index is 7.01. The number of primary amides is 1. The van der Waals surface area contributed by atoms with Crippen molar-refractivity contribution < 1.29 is 57.8 Å². The van der Waals surface area contributed by atoms with Crippen LogP contribution < -0.4 is 82.3 Å². The molecule has 0 bridgehead atoms. The Morgan fingerprint density at radius 2 is 0.687 bits per heavy atom. The molecule has 0 saturated carbocycles. The summed E-state index contributed by atoms with van der Waals surface area (Å²) in [5.74, 6) is -10.2. The first-order valence-electron chi connectivity index (χ1n) is 28.7. The molecule has 22 N–H and O–H groups in total. The highest BCUT2D eigenvalue weighted by Crippen LogP contribution is 2.15. The van der Waals surface area contributed by atoms with Crippen LogP contribution in [0.4, 0.5) is 0 Å². The second kappa shape index (κ2) is 40.0. The van der Waals surface area contributed by atoms with Crippen molar-refractivity contribution in [2.75, 3.05) is 19.6 Å². The van der Waals surface area contributed by atoms with Crippen LogP contribution in [-0.2, 0) is 52.7 Å². The average Bonchev–Trinajstić information content (AvgIpc) is 3.42. The van der Waals surface area contributed by atoms with E-state index < -0.39 is 132 Å². The first kappa shape index (κ1) is 75.7. The van der Waals surface area contributed by atoms with Crippen molar-refractivity contribution >= 4 is 77.0 Å². The molecule has 0 saturated heterocycles. The number of nitrogens with zero attached hydrogens (tertiary/aromatic N) is 2. The number of nitrogens with one attached hydrogen (secondary N) is 9. The van der Waals surface area contributed by atoms with Gasteiger partial charge in [0.25, 0.3) is 0 Å². The maximum Gasteiger partial charge on any atom is 0.303 e. The fourth-order valence-corrected chi connectivity index (χ4v) is 8.60. The van der Waals surface area contributed by atoms with E-state index in [0.717, 1.165) is 0 Å². The van der Waals surface area contributed by atoms with E-state index in [1.807, 2.05) is 55.4 Å². The fraction of sp³-hybridized carbons (Fsp3) is 0.759. The molecule has 0 aliphatic rings. The van der Waals surface area contributed by atoms with Gasteiger partial charge in [-0.25, -0.2) is 0 Å². The zero-order chi connectivity index (χ0) is 63.7. The van der Waals surface area contributed by atoms with Crippen molar-refractivity contribution in [3.8, 4) is 0 Å². The van der Waals surface area contributed by atoms with Gasteiger partial charge in [0.15, 0.2) is 11.9 Å². The third-order valence-corrected chi connectivity index (χ3v) is 12.7. The molecule has 0 aliphatic carbocycles. The summed E-state index contributed by atoms with van der Waals surface area (Å²) in [6.45, 7) is 19.7. The van der Waals surface area contributed by atoms with Crippen LogP contribution >= 0.6 is 0 Å². The van der Waals surface area contributed by atoms with E-state index in [9.17, 15) is 57.8 Å². The van der Waals surface area contributed by atoms with Crippen LogP contribution in [0.3, 0.4) is 0 Å². The molecule has 0 unspecified atom stereocenters. The minimum atomic E-state index is -1.41. The van der Waals surface area contributed by atoms with E-state index in [1.165, 1.54) is 6.92 Å². The molecule has 0 aromatic rings. The molecule has 29 heteroatoms. The number of carbonyl (C=O) groups is 11. The molecule has 0 rings (SSSR count).